The molecule has 0 radical (unpaired) electrons. The predicted octanol–water partition coefficient (Wildman–Crippen LogP) is 7.04. The molecule has 0 aromatic heterocycles. The molecule has 184 valence electrons. The Kier molecular flexibility index (Phi) is 8.44. The van der Waals surface area contributed by atoms with Gasteiger partial charge >= 0.3 is 0 Å². The van der Waals surface area contributed by atoms with E-state index >= 15 is 0 Å². The molecule has 0 spiro atoms. The maximum absolute atomic E-state index is 12.3. The van der Waals surface area contributed by atoms with E-state index in [0.29, 0.717) is 17.3 Å². The van der Waals surface area contributed by atoms with Crippen LogP contribution in [0, 0.1) is 0 Å². The first-order chi connectivity index (χ1) is 16.4. The average molecular weight is 489 g/mol. The quantitative estimate of drug-likeness (QED) is 0.277. The van der Waals surface area contributed by atoms with Crippen molar-refractivity contribution in [2.45, 2.75) is 58.1 Å². The summed E-state index contributed by atoms with van der Waals surface area (Å²) < 4.78 is 0. The second kappa shape index (κ2) is 11.1. The number of aromatic hydroxyl groups is 1. The highest BCUT2D eigenvalue weighted by Crippen LogP contribution is 2.40. The Morgan fingerprint density at radius 1 is 0.886 bits per heavy atom. The van der Waals surface area contributed by atoms with E-state index in [9.17, 15) is 9.90 Å². The monoisotopic (exact) mass is 488 g/mol. The Labute approximate surface area is 213 Å². The summed E-state index contributed by atoms with van der Waals surface area (Å²) in [6.45, 7) is 12.6. The molecular formula is C30H36N2O2S. The highest BCUT2D eigenvalue weighted by Gasteiger charge is 2.26. The van der Waals surface area contributed by atoms with Gasteiger partial charge in [-0.2, -0.15) is 5.10 Å². The van der Waals surface area contributed by atoms with Gasteiger partial charge in [-0.3, -0.25) is 4.79 Å². The molecule has 3 aromatic rings. The summed E-state index contributed by atoms with van der Waals surface area (Å²) in [5.41, 5.74) is 8.49. The lowest BCUT2D eigenvalue weighted by molar-refractivity contribution is -0.118. The van der Waals surface area contributed by atoms with E-state index in [1.165, 1.54) is 17.3 Å². The van der Waals surface area contributed by atoms with Crippen molar-refractivity contribution in [3.63, 3.8) is 0 Å². The lowest BCUT2D eigenvalue weighted by Crippen LogP contribution is -2.20. The molecule has 0 bridgehead atoms. The molecule has 0 aliphatic carbocycles. The van der Waals surface area contributed by atoms with Gasteiger partial charge in [-0.25, -0.2) is 5.43 Å². The third-order valence-corrected chi connectivity index (χ3v) is 6.71. The van der Waals surface area contributed by atoms with Crippen LogP contribution in [0.15, 0.2) is 71.8 Å². The zero-order valence-electron chi connectivity index (χ0n) is 21.6. The Balaban J connectivity index is 1.55. The number of amides is 1. The summed E-state index contributed by atoms with van der Waals surface area (Å²) in [5.74, 6) is 1.23. The van der Waals surface area contributed by atoms with Gasteiger partial charge in [-0.15, -0.1) is 11.8 Å². The molecule has 0 unspecified atom stereocenters. The second-order valence-electron chi connectivity index (χ2n) is 10.8. The smallest absolute Gasteiger partial charge is 0.250 e. The molecule has 0 aliphatic rings. The van der Waals surface area contributed by atoms with Crippen molar-refractivity contribution in [3.05, 3.63) is 89.0 Å². The minimum atomic E-state index is -0.170. The number of carbonyl (C=O) groups excluding carboxylic acids is 1. The third kappa shape index (κ3) is 7.46. The zero-order valence-corrected chi connectivity index (χ0v) is 22.4. The summed E-state index contributed by atoms with van der Waals surface area (Å²) in [6.07, 6.45) is 1.66. The standard InChI is InChI=1S/C30H36N2O2S/c1-29(2,3)25-16-22(17-26(28(25)34)30(4,5)6)19-35-20-27(33)32-31-18-21-12-14-24(15-13-21)23-10-8-7-9-11-23/h7-18,34H,19-20H2,1-6H3,(H,32,33)/b31-18+. The number of hydrogen-bond acceptors (Lipinski definition) is 4. The fraction of sp³-hybridized carbons (Fsp3) is 0.333. The first kappa shape index (κ1) is 26.6. The van der Waals surface area contributed by atoms with Crippen LogP contribution < -0.4 is 5.43 Å². The number of rotatable bonds is 7. The van der Waals surface area contributed by atoms with E-state index < -0.39 is 0 Å². The molecule has 0 saturated heterocycles. The molecule has 2 N–H and O–H groups in total. The van der Waals surface area contributed by atoms with E-state index in [-0.39, 0.29) is 16.7 Å². The van der Waals surface area contributed by atoms with Crippen molar-refractivity contribution in [2.75, 3.05) is 5.75 Å². The van der Waals surface area contributed by atoms with Crippen molar-refractivity contribution in [2.24, 2.45) is 5.10 Å². The van der Waals surface area contributed by atoms with Crippen molar-refractivity contribution < 1.29 is 9.90 Å². The Morgan fingerprint density at radius 3 is 1.97 bits per heavy atom. The predicted molar refractivity (Wildman–Crippen MR) is 149 cm³/mol. The average Bonchev–Trinajstić information content (AvgIpc) is 2.79. The molecule has 0 saturated carbocycles. The third-order valence-electron chi connectivity index (χ3n) is 5.71. The van der Waals surface area contributed by atoms with Gasteiger partial charge in [0.25, 0.3) is 0 Å². The number of nitrogens with one attached hydrogen (secondary N) is 1. The van der Waals surface area contributed by atoms with Crippen LogP contribution in [0.2, 0.25) is 0 Å². The van der Waals surface area contributed by atoms with Gasteiger partial charge in [-0.05, 0) is 44.2 Å². The summed E-state index contributed by atoms with van der Waals surface area (Å²) in [4.78, 5) is 12.3. The van der Waals surface area contributed by atoms with E-state index in [1.54, 1.807) is 6.21 Å². The molecule has 0 fully saturated rings. The molecule has 1 amide bonds. The van der Waals surface area contributed by atoms with Crippen LogP contribution in [0.3, 0.4) is 0 Å². The van der Waals surface area contributed by atoms with Crippen molar-refractivity contribution in [1.29, 1.82) is 0 Å². The number of nitrogens with zero attached hydrogens (tertiary/aromatic N) is 1. The van der Waals surface area contributed by atoms with Crippen LogP contribution in [0.5, 0.6) is 5.75 Å². The van der Waals surface area contributed by atoms with E-state index in [4.69, 9.17) is 0 Å². The number of phenolic OH excluding ortho intramolecular Hbond substituents is 1. The number of carbonyl (C=O) groups is 1. The van der Waals surface area contributed by atoms with Gasteiger partial charge in [0.15, 0.2) is 0 Å². The van der Waals surface area contributed by atoms with Crippen LogP contribution in [0.25, 0.3) is 11.1 Å². The van der Waals surface area contributed by atoms with Crippen LogP contribution >= 0.6 is 11.8 Å². The highest BCUT2D eigenvalue weighted by atomic mass is 32.2. The molecule has 4 nitrogen and oxygen atoms in total. The van der Waals surface area contributed by atoms with Crippen LogP contribution in [-0.4, -0.2) is 23.0 Å². The van der Waals surface area contributed by atoms with Crippen LogP contribution in [0.1, 0.15) is 63.8 Å². The lowest BCUT2D eigenvalue weighted by Gasteiger charge is -2.28. The molecular weight excluding hydrogens is 452 g/mol. The maximum Gasteiger partial charge on any atom is 0.250 e. The van der Waals surface area contributed by atoms with Crippen LogP contribution in [0.4, 0.5) is 0 Å². The SMILES string of the molecule is CC(C)(C)c1cc(CSCC(=O)N/N=C/c2ccc(-c3ccccc3)cc2)cc(C(C)(C)C)c1O. The normalized spacial score (nSPS) is 12.2. The summed E-state index contributed by atoms with van der Waals surface area (Å²) in [6, 6.07) is 22.4. The Morgan fingerprint density at radius 2 is 1.43 bits per heavy atom. The summed E-state index contributed by atoms with van der Waals surface area (Å²) >= 11 is 1.54. The maximum atomic E-state index is 12.3. The Hall–Kier alpha value is -3.05. The summed E-state index contributed by atoms with van der Waals surface area (Å²) in [5, 5.41) is 15.0. The molecule has 0 heterocycles. The number of benzene rings is 3. The number of phenols is 1. The fourth-order valence-corrected chi connectivity index (χ4v) is 4.54. The van der Waals surface area contributed by atoms with Crippen molar-refractivity contribution in [1.82, 2.24) is 5.43 Å². The zero-order chi connectivity index (χ0) is 25.6. The minimum Gasteiger partial charge on any atom is -0.507 e. The van der Waals surface area contributed by atoms with Gasteiger partial charge < -0.3 is 5.11 Å². The number of hydrazone groups is 1. The number of thioether (sulfide) groups is 1. The van der Waals surface area contributed by atoms with Gasteiger partial charge in [-0.1, -0.05) is 108 Å². The van der Waals surface area contributed by atoms with E-state index in [2.05, 4.69) is 76.3 Å². The molecule has 3 rings (SSSR count). The summed E-state index contributed by atoms with van der Waals surface area (Å²) in [7, 11) is 0. The molecule has 35 heavy (non-hydrogen) atoms. The molecule has 3 aromatic carbocycles. The van der Waals surface area contributed by atoms with E-state index in [1.807, 2.05) is 42.5 Å². The fourth-order valence-electron chi connectivity index (χ4n) is 3.79. The van der Waals surface area contributed by atoms with Crippen molar-refractivity contribution in [3.8, 4) is 16.9 Å². The molecule has 0 atom stereocenters. The van der Waals surface area contributed by atoms with Crippen molar-refractivity contribution >= 4 is 23.9 Å². The lowest BCUT2D eigenvalue weighted by atomic mass is 9.78. The minimum absolute atomic E-state index is 0.141. The van der Waals surface area contributed by atoms with Gasteiger partial charge in [0, 0.05) is 5.75 Å². The second-order valence-corrected chi connectivity index (χ2v) is 11.8. The van der Waals surface area contributed by atoms with Gasteiger partial charge in [0.2, 0.25) is 5.91 Å². The first-order valence-corrected chi connectivity index (χ1v) is 13.0. The molecule has 0 aliphatic heterocycles. The highest BCUT2D eigenvalue weighted by molar-refractivity contribution is 7.99. The van der Waals surface area contributed by atoms with Crippen LogP contribution in [-0.2, 0) is 21.4 Å². The topological polar surface area (TPSA) is 61.7 Å². The Bertz CT molecular complexity index is 1140. The first-order valence-electron chi connectivity index (χ1n) is 11.9. The largest absolute Gasteiger partial charge is 0.507 e. The van der Waals surface area contributed by atoms with E-state index in [0.717, 1.165) is 27.8 Å². The molecule has 5 heteroatoms. The van der Waals surface area contributed by atoms with Gasteiger partial charge in [0.1, 0.15) is 5.75 Å². The van der Waals surface area contributed by atoms with Gasteiger partial charge in [0.05, 0.1) is 12.0 Å². The number of hydrogen-bond donors (Lipinski definition) is 2.